The highest BCUT2D eigenvalue weighted by Gasteiger charge is 2.21. The third kappa shape index (κ3) is 3.54. The van der Waals surface area contributed by atoms with Crippen molar-refractivity contribution in [1.29, 1.82) is 0 Å². The molecule has 0 aliphatic rings. The van der Waals surface area contributed by atoms with Crippen LogP contribution in [0.4, 0.5) is 9.52 Å². The summed E-state index contributed by atoms with van der Waals surface area (Å²) in [5.74, 6) is -0.754. The maximum absolute atomic E-state index is 13.7. The molecule has 0 spiro atoms. The van der Waals surface area contributed by atoms with E-state index in [-0.39, 0.29) is 11.7 Å². The lowest BCUT2D eigenvalue weighted by molar-refractivity contribution is -0.122. The van der Waals surface area contributed by atoms with Crippen molar-refractivity contribution in [3.8, 4) is 5.75 Å². The first kappa shape index (κ1) is 16.4. The fourth-order valence-electron chi connectivity index (χ4n) is 2.29. The fourth-order valence-corrected chi connectivity index (χ4v) is 3.25. The van der Waals surface area contributed by atoms with Crippen molar-refractivity contribution in [2.24, 2.45) is 0 Å². The zero-order chi connectivity index (χ0) is 17.1. The highest BCUT2D eigenvalue weighted by molar-refractivity contribution is 7.22. The van der Waals surface area contributed by atoms with Crippen LogP contribution in [0.25, 0.3) is 10.2 Å². The van der Waals surface area contributed by atoms with Gasteiger partial charge in [0.1, 0.15) is 0 Å². The minimum Gasteiger partial charge on any atom is -0.478 e. The van der Waals surface area contributed by atoms with Crippen LogP contribution >= 0.6 is 11.3 Å². The lowest BCUT2D eigenvalue weighted by Crippen LogP contribution is -2.32. The number of nitrogens with zero attached hydrogens (tertiary/aromatic N) is 1. The second kappa shape index (κ2) is 6.97. The summed E-state index contributed by atoms with van der Waals surface area (Å²) in [7, 11) is 0. The molecule has 0 saturated carbocycles. The van der Waals surface area contributed by atoms with Crippen molar-refractivity contribution in [3.05, 3.63) is 53.8 Å². The third-order valence-corrected chi connectivity index (χ3v) is 4.48. The minimum atomic E-state index is -0.782. The average molecular weight is 344 g/mol. The summed E-state index contributed by atoms with van der Waals surface area (Å²) in [6, 6.07) is 12.0. The number of hydrogen-bond donors (Lipinski definition) is 1. The summed E-state index contributed by atoms with van der Waals surface area (Å²) in [6.45, 7) is 3.82. The minimum absolute atomic E-state index is 0.0689. The van der Waals surface area contributed by atoms with Gasteiger partial charge in [0.05, 0.1) is 10.2 Å². The quantitative estimate of drug-likeness (QED) is 0.739. The van der Waals surface area contributed by atoms with Crippen LogP contribution in [0.5, 0.6) is 5.75 Å². The molecule has 1 heterocycles. The van der Waals surface area contributed by atoms with E-state index < -0.39 is 11.9 Å². The van der Waals surface area contributed by atoms with Gasteiger partial charge in [-0.2, -0.15) is 0 Å². The number of aromatic nitrogens is 1. The summed E-state index contributed by atoms with van der Waals surface area (Å²) in [5.41, 5.74) is 1.97. The molecule has 3 rings (SSSR count). The molecule has 1 unspecified atom stereocenters. The summed E-state index contributed by atoms with van der Waals surface area (Å²) >= 11 is 1.40. The zero-order valence-corrected chi connectivity index (χ0v) is 14.2. The fraction of sp³-hybridized carbons (Fsp3) is 0.222. The van der Waals surface area contributed by atoms with E-state index in [2.05, 4.69) is 10.3 Å². The monoisotopic (exact) mass is 344 g/mol. The number of carbonyl (C=O) groups is 1. The number of anilines is 1. The number of fused-ring (bicyclic) bond motifs is 1. The number of thiazole rings is 1. The molecule has 24 heavy (non-hydrogen) atoms. The number of para-hydroxylation sites is 1. The molecule has 124 valence electrons. The molecule has 0 fully saturated rings. The first-order chi connectivity index (χ1) is 11.6. The number of ether oxygens (including phenoxy) is 1. The molecule has 0 aliphatic heterocycles. The highest BCUT2D eigenvalue weighted by atomic mass is 32.1. The molecule has 1 amide bonds. The Labute approximate surface area is 143 Å². The molecule has 1 aromatic heterocycles. The lowest BCUT2D eigenvalue weighted by Gasteiger charge is -2.16. The van der Waals surface area contributed by atoms with Crippen LogP contribution in [0.15, 0.2) is 42.5 Å². The number of benzene rings is 2. The van der Waals surface area contributed by atoms with Crippen LogP contribution < -0.4 is 10.1 Å². The van der Waals surface area contributed by atoms with E-state index in [1.54, 1.807) is 12.1 Å². The molecule has 0 saturated heterocycles. The van der Waals surface area contributed by atoms with E-state index in [9.17, 15) is 9.18 Å². The number of carbonyl (C=O) groups excluding carboxylic acids is 1. The Balaban J connectivity index is 1.75. The van der Waals surface area contributed by atoms with Crippen LogP contribution in [0.1, 0.15) is 18.9 Å². The van der Waals surface area contributed by atoms with Gasteiger partial charge in [-0.1, -0.05) is 36.5 Å². The standard InChI is InChI=1S/C18H17FN2O2S/c1-3-14(23-15-7-5-4-6-12(15)19)17(22)21-18-20-13-9-8-11(2)10-16(13)24-18/h4-10,14H,3H2,1-2H3,(H,20,21,22). The Kier molecular flexibility index (Phi) is 4.76. The summed E-state index contributed by atoms with van der Waals surface area (Å²) < 4.78 is 20.2. The van der Waals surface area contributed by atoms with Crippen LogP contribution in [0.2, 0.25) is 0 Å². The SMILES string of the molecule is CCC(Oc1ccccc1F)C(=O)Nc1nc2ccc(C)cc2s1. The molecular weight excluding hydrogens is 327 g/mol. The Hall–Kier alpha value is -2.47. The third-order valence-electron chi connectivity index (χ3n) is 3.54. The smallest absolute Gasteiger partial charge is 0.267 e. The van der Waals surface area contributed by atoms with Crippen LogP contribution in [-0.2, 0) is 4.79 Å². The molecule has 1 N–H and O–H groups in total. The molecular formula is C18H17FN2O2S. The largest absolute Gasteiger partial charge is 0.478 e. The molecule has 3 aromatic rings. The number of aryl methyl sites for hydroxylation is 1. The molecule has 0 bridgehead atoms. The van der Waals surface area contributed by atoms with Gasteiger partial charge in [0.15, 0.2) is 22.8 Å². The Morgan fingerprint density at radius 2 is 2.12 bits per heavy atom. The van der Waals surface area contributed by atoms with Crippen molar-refractivity contribution < 1.29 is 13.9 Å². The van der Waals surface area contributed by atoms with E-state index in [4.69, 9.17) is 4.74 Å². The van der Waals surface area contributed by atoms with Crippen molar-refractivity contribution in [2.45, 2.75) is 26.4 Å². The van der Waals surface area contributed by atoms with Gasteiger partial charge in [-0.3, -0.25) is 10.1 Å². The normalized spacial score (nSPS) is 12.1. The Bertz CT molecular complexity index is 878. The van der Waals surface area contributed by atoms with Gasteiger partial charge in [-0.15, -0.1) is 0 Å². The van der Waals surface area contributed by atoms with Crippen molar-refractivity contribution in [1.82, 2.24) is 4.98 Å². The van der Waals surface area contributed by atoms with Gasteiger partial charge in [0, 0.05) is 0 Å². The lowest BCUT2D eigenvalue weighted by atomic mass is 10.2. The molecule has 2 aromatic carbocycles. The highest BCUT2D eigenvalue weighted by Crippen LogP contribution is 2.27. The second-order valence-electron chi connectivity index (χ2n) is 5.42. The van der Waals surface area contributed by atoms with Gasteiger partial charge in [-0.05, 0) is 43.2 Å². The van der Waals surface area contributed by atoms with E-state index in [1.807, 2.05) is 32.0 Å². The summed E-state index contributed by atoms with van der Waals surface area (Å²) in [4.78, 5) is 16.8. The van der Waals surface area contributed by atoms with Gasteiger partial charge >= 0.3 is 0 Å². The van der Waals surface area contributed by atoms with Gasteiger partial charge < -0.3 is 4.74 Å². The number of rotatable bonds is 5. The van der Waals surface area contributed by atoms with Crippen molar-refractivity contribution in [3.63, 3.8) is 0 Å². The number of halogens is 1. The number of hydrogen-bond acceptors (Lipinski definition) is 4. The Morgan fingerprint density at radius 1 is 1.33 bits per heavy atom. The molecule has 0 aliphatic carbocycles. The predicted octanol–water partition coefficient (Wildman–Crippen LogP) is 4.54. The van der Waals surface area contributed by atoms with Gasteiger partial charge in [-0.25, -0.2) is 9.37 Å². The molecule has 1 atom stereocenters. The topological polar surface area (TPSA) is 51.2 Å². The second-order valence-corrected chi connectivity index (χ2v) is 6.46. The first-order valence-corrected chi connectivity index (χ1v) is 8.47. The maximum atomic E-state index is 13.7. The van der Waals surface area contributed by atoms with Crippen LogP contribution in [0.3, 0.4) is 0 Å². The van der Waals surface area contributed by atoms with Crippen LogP contribution in [0, 0.1) is 12.7 Å². The summed E-state index contributed by atoms with van der Waals surface area (Å²) in [5, 5.41) is 3.27. The Morgan fingerprint density at radius 3 is 2.88 bits per heavy atom. The first-order valence-electron chi connectivity index (χ1n) is 7.66. The van der Waals surface area contributed by atoms with Crippen LogP contribution in [-0.4, -0.2) is 17.0 Å². The van der Waals surface area contributed by atoms with Gasteiger partial charge in [0.25, 0.3) is 5.91 Å². The molecule has 0 radical (unpaired) electrons. The number of amides is 1. The van der Waals surface area contributed by atoms with E-state index in [0.29, 0.717) is 11.6 Å². The number of nitrogens with one attached hydrogen (secondary N) is 1. The van der Waals surface area contributed by atoms with E-state index in [0.717, 1.165) is 15.8 Å². The molecule has 6 heteroatoms. The van der Waals surface area contributed by atoms with E-state index >= 15 is 0 Å². The molecule has 4 nitrogen and oxygen atoms in total. The zero-order valence-electron chi connectivity index (χ0n) is 13.4. The predicted molar refractivity (Wildman–Crippen MR) is 94.1 cm³/mol. The van der Waals surface area contributed by atoms with Crippen molar-refractivity contribution in [2.75, 3.05) is 5.32 Å². The maximum Gasteiger partial charge on any atom is 0.267 e. The summed E-state index contributed by atoms with van der Waals surface area (Å²) in [6.07, 6.45) is -0.361. The average Bonchev–Trinajstić information content (AvgIpc) is 2.95. The van der Waals surface area contributed by atoms with Gasteiger partial charge in [0.2, 0.25) is 0 Å². The van der Waals surface area contributed by atoms with E-state index in [1.165, 1.54) is 23.5 Å². The van der Waals surface area contributed by atoms with Crippen molar-refractivity contribution >= 4 is 32.6 Å².